The van der Waals surface area contributed by atoms with Gasteiger partial charge in [-0.05, 0) is 12.5 Å². The van der Waals surface area contributed by atoms with Crippen molar-refractivity contribution in [2.45, 2.75) is 17.7 Å². The van der Waals surface area contributed by atoms with Crippen molar-refractivity contribution < 1.29 is 4.79 Å². The van der Waals surface area contributed by atoms with E-state index in [0.717, 1.165) is 11.1 Å². The molecule has 0 saturated heterocycles. The lowest BCUT2D eigenvalue weighted by Gasteiger charge is -2.06. The van der Waals surface area contributed by atoms with Gasteiger partial charge in [0.15, 0.2) is 10.1 Å². The van der Waals surface area contributed by atoms with Crippen LogP contribution in [0.25, 0.3) is 0 Å². The number of aryl methyl sites for hydroxylation is 1. The largest absolute Gasteiger partial charge is 0.291 e. The van der Waals surface area contributed by atoms with Gasteiger partial charge in [-0.3, -0.25) is 4.79 Å². The SMILES string of the molecule is Cc1ccc2c(c1)CC(Cl)(Cl)C2=O. The van der Waals surface area contributed by atoms with E-state index in [9.17, 15) is 4.79 Å². The van der Waals surface area contributed by atoms with Gasteiger partial charge in [-0.25, -0.2) is 0 Å². The predicted molar refractivity (Wildman–Crippen MR) is 53.7 cm³/mol. The molecule has 0 amide bonds. The highest BCUT2D eigenvalue weighted by molar-refractivity contribution is 6.61. The first-order chi connectivity index (χ1) is 6.00. The Morgan fingerprint density at radius 1 is 1.38 bits per heavy atom. The Morgan fingerprint density at radius 3 is 2.77 bits per heavy atom. The standard InChI is InChI=1S/C10H8Cl2O/c1-6-2-3-8-7(4-6)5-10(11,12)9(8)13/h2-4H,5H2,1H3. The van der Waals surface area contributed by atoms with Crippen molar-refractivity contribution >= 4 is 29.0 Å². The number of benzene rings is 1. The molecule has 0 heterocycles. The summed E-state index contributed by atoms with van der Waals surface area (Å²) >= 11 is 11.7. The molecule has 1 aliphatic carbocycles. The minimum Gasteiger partial charge on any atom is -0.291 e. The number of rotatable bonds is 0. The van der Waals surface area contributed by atoms with Crippen molar-refractivity contribution in [3.63, 3.8) is 0 Å². The molecule has 0 bridgehead atoms. The maximum atomic E-state index is 11.6. The molecule has 1 aliphatic rings. The van der Waals surface area contributed by atoms with E-state index in [-0.39, 0.29) is 5.78 Å². The Labute approximate surface area is 86.7 Å². The first-order valence-electron chi connectivity index (χ1n) is 4.03. The number of hydrogen-bond acceptors (Lipinski definition) is 1. The second-order valence-corrected chi connectivity index (χ2v) is 4.85. The number of halogens is 2. The molecule has 0 aromatic heterocycles. The normalized spacial score (nSPS) is 18.8. The van der Waals surface area contributed by atoms with E-state index in [4.69, 9.17) is 23.2 Å². The minimum atomic E-state index is -1.24. The molecule has 68 valence electrons. The summed E-state index contributed by atoms with van der Waals surface area (Å²) < 4.78 is -1.24. The molecule has 0 radical (unpaired) electrons. The van der Waals surface area contributed by atoms with Crippen molar-refractivity contribution in [1.29, 1.82) is 0 Å². The van der Waals surface area contributed by atoms with Crippen molar-refractivity contribution in [3.05, 3.63) is 34.9 Å². The van der Waals surface area contributed by atoms with Crippen molar-refractivity contribution in [3.8, 4) is 0 Å². The van der Waals surface area contributed by atoms with Gasteiger partial charge >= 0.3 is 0 Å². The van der Waals surface area contributed by atoms with Crippen molar-refractivity contribution in [2.24, 2.45) is 0 Å². The molecule has 0 N–H and O–H groups in total. The zero-order chi connectivity index (χ0) is 9.64. The molecule has 0 fully saturated rings. The van der Waals surface area contributed by atoms with Gasteiger partial charge in [0.05, 0.1) is 0 Å². The molecular weight excluding hydrogens is 207 g/mol. The Balaban J connectivity index is 2.57. The molecule has 0 unspecified atom stereocenters. The highest BCUT2D eigenvalue weighted by Crippen LogP contribution is 2.38. The van der Waals surface area contributed by atoms with Crippen LogP contribution >= 0.6 is 23.2 Å². The smallest absolute Gasteiger partial charge is 0.199 e. The van der Waals surface area contributed by atoms with Gasteiger partial charge in [-0.1, -0.05) is 47.0 Å². The van der Waals surface area contributed by atoms with Gasteiger partial charge in [0.25, 0.3) is 0 Å². The third-order valence-corrected chi connectivity index (χ3v) is 2.86. The molecule has 3 heteroatoms. The quantitative estimate of drug-likeness (QED) is 0.608. The second kappa shape index (κ2) is 2.73. The summed E-state index contributed by atoms with van der Waals surface area (Å²) in [5.74, 6) is -0.175. The summed E-state index contributed by atoms with van der Waals surface area (Å²) in [7, 11) is 0. The van der Waals surface area contributed by atoms with E-state index in [1.807, 2.05) is 19.1 Å². The Morgan fingerprint density at radius 2 is 2.08 bits per heavy atom. The first-order valence-corrected chi connectivity index (χ1v) is 4.78. The zero-order valence-corrected chi connectivity index (χ0v) is 8.62. The van der Waals surface area contributed by atoms with Gasteiger partial charge in [-0.15, -0.1) is 0 Å². The van der Waals surface area contributed by atoms with Crippen LogP contribution in [-0.2, 0) is 6.42 Å². The van der Waals surface area contributed by atoms with Crippen LogP contribution in [0.4, 0.5) is 0 Å². The summed E-state index contributed by atoms with van der Waals surface area (Å²) in [6.07, 6.45) is 0.423. The number of Topliss-reactive ketones (excluding diaryl/α,β-unsaturated/α-hetero) is 1. The second-order valence-electron chi connectivity index (χ2n) is 3.37. The lowest BCUT2D eigenvalue weighted by atomic mass is 10.1. The molecule has 2 rings (SSSR count). The maximum Gasteiger partial charge on any atom is 0.199 e. The summed E-state index contributed by atoms with van der Waals surface area (Å²) in [5, 5.41) is 0. The Hall–Kier alpha value is -0.530. The molecule has 0 saturated carbocycles. The molecule has 13 heavy (non-hydrogen) atoms. The number of carbonyl (C=O) groups excluding carboxylic acids is 1. The topological polar surface area (TPSA) is 17.1 Å². The van der Waals surface area contributed by atoms with Crippen LogP contribution in [-0.4, -0.2) is 10.1 Å². The first kappa shape index (κ1) is 9.04. The number of alkyl halides is 2. The van der Waals surface area contributed by atoms with Gasteiger partial charge in [0.1, 0.15) is 0 Å². The van der Waals surface area contributed by atoms with Crippen LogP contribution in [0.3, 0.4) is 0 Å². The van der Waals surface area contributed by atoms with E-state index >= 15 is 0 Å². The summed E-state index contributed by atoms with van der Waals surface area (Å²) in [6, 6.07) is 5.64. The molecular formula is C10H8Cl2O. The van der Waals surface area contributed by atoms with Crippen LogP contribution < -0.4 is 0 Å². The van der Waals surface area contributed by atoms with Gasteiger partial charge in [-0.2, -0.15) is 0 Å². The molecule has 0 atom stereocenters. The summed E-state index contributed by atoms with van der Waals surface area (Å²) in [6.45, 7) is 1.98. The lowest BCUT2D eigenvalue weighted by Crippen LogP contribution is -2.20. The molecule has 1 aromatic rings. The fourth-order valence-electron chi connectivity index (χ4n) is 1.61. The van der Waals surface area contributed by atoms with E-state index in [0.29, 0.717) is 12.0 Å². The van der Waals surface area contributed by atoms with Crippen LogP contribution in [0.5, 0.6) is 0 Å². The Kier molecular flexibility index (Phi) is 1.90. The summed E-state index contributed by atoms with van der Waals surface area (Å²) in [5.41, 5.74) is 2.74. The van der Waals surface area contributed by atoms with E-state index in [1.165, 1.54) is 0 Å². The number of fused-ring (bicyclic) bond motifs is 1. The fourth-order valence-corrected chi connectivity index (χ4v) is 2.10. The van der Waals surface area contributed by atoms with E-state index in [1.54, 1.807) is 6.07 Å². The minimum absolute atomic E-state index is 0.175. The van der Waals surface area contributed by atoms with Crippen molar-refractivity contribution in [1.82, 2.24) is 0 Å². The van der Waals surface area contributed by atoms with Crippen LogP contribution in [0.1, 0.15) is 21.5 Å². The molecule has 1 nitrogen and oxygen atoms in total. The fraction of sp³-hybridized carbons (Fsp3) is 0.300. The van der Waals surface area contributed by atoms with Crippen LogP contribution in [0.2, 0.25) is 0 Å². The number of hydrogen-bond donors (Lipinski definition) is 0. The predicted octanol–water partition coefficient (Wildman–Crippen LogP) is 2.91. The van der Waals surface area contributed by atoms with Crippen LogP contribution in [0, 0.1) is 6.92 Å². The summed E-state index contributed by atoms with van der Waals surface area (Å²) in [4.78, 5) is 11.6. The lowest BCUT2D eigenvalue weighted by molar-refractivity contribution is 0.0985. The number of carbonyl (C=O) groups is 1. The average Bonchev–Trinajstić information content (AvgIpc) is 2.22. The number of ketones is 1. The highest BCUT2D eigenvalue weighted by Gasteiger charge is 2.42. The van der Waals surface area contributed by atoms with Crippen LogP contribution in [0.15, 0.2) is 18.2 Å². The zero-order valence-electron chi connectivity index (χ0n) is 7.10. The molecule has 0 spiro atoms. The van der Waals surface area contributed by atoms with Gasteiger partial charge in [0, 0.05) is 12.0 Å². The van der Waals surface area contributed by atoms with E-state index < -0.39 is 4.33 Å². The third kappa shape index (κ3) is 1.36. The Bertz CT molecular complexity index is 383. The van der Waals surface area contributed by atoms with Crippen molar-refractivity contribution in [2.75, 3.05) is 0 Å². The maximum absolute atomic E-state index is 11.6. The monoisotopic (exact) mass is 214 g/mol. The average molecular weight is 215 g/mol. The third-order valence-electron chi connectivity index (χ3n) is 2.25. The molecule has 1 aromatic carbocycles. The molecule has 0 aliphatic heterocycles. The van der Waals surface area contributed by atoms with E-state index in [2.05, 4.69) is 0 Å². The van der Waals surface area contributed by atoms with Gasteiger partial charge < -0.3 is 0 Å². The van der Waals surface area contributed by atoms with Gasteiger partial charge in [0.2, 0.25) is 0 Å². The highest BCUT2D eigenvalue weighted by atomic mass is 35.5.